The van der Waals surface area contributed by atoms with Crippen LogP contribution in [0.15, 0.2) is 39.9 Å². The molecule has 0 fully saturated rings. The van der Waals surface area contributed by atoms with Gasteiger partial charge in [-0.2, -0.15) is 0 Å². The zero-order valence-corrected chi connectivity index (χ0v) is 13.2. The second-order valence-corrected chi connectivity index (χ2v) is 5.51. The number of hydrogen-bond acceptors (Lipinski definition) is 2. The normalized spacial score (nSPS) is 10.8. The van der Waals surface area contributed by atoms with Crippen LogP contribution in [-0.2, 0) is 13.1 Å². The van der Waals surface area contributed by atoms with E-state index in [1.54, 1.807) is 6.92 Å². The molecule has 2 aromatic rings. The number of hydrogen-bond donors (Lipinski definition) is 0. The zero-order valence-electron chi connectivity index (χ0n) is 11.7. The van der Waals surface area contributed by atoms with Crippen molar-refractivity contribution in [1.29, 1.82) is 0 Å². The maximum absolute atomic E-state index is 12.5. The van der Waals surface area contributed by atoms with Crippen LogP contribution < -0.4 is 11.2 Å². The molecule has 0 atom stereocenters. The largest absolute Gasteiger partial charge is 0.332 e. The van der Waals surface area contributed by atoms with E-state index in [9.17, 15) is 9.59 Å². The first kappa shape index (κ1) is 15.9. The van der Waals surface area contributed by atoms with Crippen LogP contribution in [0.5, 0.6) is 0 Å². The molecular formula is C15H16Cl2N2O2. The summed E-state index contributed by atoms with van der Waals surface area (Å²) in [6.45, 7) is 2.26. The lowest BCUT2D eigenvalue weighted by Crippen LogP contribution is -2.41. The molecule has 0 radical (unpaired) electrons. The van der Waals surface area contributed by atoms with Crippen molar-refractivity contribution in [2.45, 2.75) is 26.4 Å². The van der Waals surface area contributed by atoms with E-state index in [1.807, 2.05) is 30.3 Å². The second-order valence-electron chi connectivity index (χ2n) is 4.77. The molecule has 0 saturated carbocycles. The predicted octanol–water partition coefficient (Wildman–Crippen LogP) is 2.65. The lowest BCUT2D eigenvalue weighted by atomic mass is 10.2. The van der Waals surface area contributed by atoms with Gasteiger partial charge in [0.1, 0.15) is 5.15 Å². The Balaban J connectivity index is 2.53. The molecule has 0 amide bonds. The third-order valence-corrected chi connectivity index (χ3v) is 4.03. The molecule has 0 spiro atoms. The Bertz CT molecular complexity index is 736. The van der Waals surface area contributed by atoms with E-state index >= 15 is 0 Å². The van der Waals surface area contributed by atoms with Gasteiger partial charge < -0.3 is 0 Å². The molecule has 0 aliphatic rings. The topological polar surface area (TPSA) is 44.0 Å². The van der Waals surface area contributed by atoms with E-state index in [1.165, 1.54) is 9.13 Å². The molecule has 1 aromatic heterocycles. The quantitative estimate of drug-likeness (QED) is 0.626. The molecular weight excluding hydrogens is 311 g/mol. The molecule has 1 aromatic carbocycles. The Kier molecular flexibility index (Phi) is 5.26. The van der Waals surface area contributed by atoms with Crippen LogP contribution in [0.25, 0.3) is 0 Å². The fraction of sp³-hybridized carbons (Fsp3) is 0.333. The first-order chi connectivity index (χ1) is 10.1. The molecule has 21 heavy (non-hydrogen) atoms. The minimum absolute atomic E-state index is 0.194. The highest BCUT2D eigenvalue weighted by molar-refractivity contribution is 6.30. The van der Waals surface area contributed by atoms with Gasteiger partial charge in [0.25, 0.3) is 5.56 Å². The van der Waals surface area contributed by atoms with Crippen LogP contribution in [0.2, 0.25) is 5.15 Å². The summed E-state index contributed by atoms with van der Waals surface area (Å²) in [6, 6.07) is 9.38. The highest BCUT2D eigenvalue weighted by Gasteiger charge is 2.14. The number of rotatable bonds is 5. The van der Waals surface area contributed by atoms with Crippen molar-refractivity contribution in [2.24, 2.45) is 0 Å². The summed E-state index contributed by atoms with van der Waals surface area (Å²) in [4.78, 5) is 24.8. The highest BCUT2D eigenvalue weighted by Crippen LogP contribution is 2.10. The van der Waals surface area contributed by atoms with Gasteiger partial charge in [-0.05, 0) is 18.9 Å². The summed E-state index contributed by atoms with van der Waals surface area (Å²) in [5.74, 6) is 0.430. The average Bonchev–Trinajstić information content (AvgIpc) is 2.51. The molecule has 0 aliphatic carbocycles. The number of aromatic nitrogens is 2. The van der Waals surface area contributed by atoms with Crippen LogP contribution in [0.4, 0.5) is 0 Å². The van der Waals surface area contributed by atoms with Gasteiger partial charge in [0.2, 0.25) is 0 Å². The minimum atomic E-state index is -0.399. The van der Waals surface area contributed by atoms with Crippen molar-refractivity contribution in [3.8, 4) is 0 Å². The lowest BCUT2D eigenvalue weighted by molar-refractivity contribution is 0.568. The van der Waals surface area contributed by atoms with Gasteiger partial charge >= 0.3 is 5.69 Å². The molecule has 6 heteroatoms. The summed E-state index contributed by atoms with van der Waals surface area (Å²) in [6.07, 6.45) is 0.615. The van der Waals surface area contributed by atoms with Crippen LogP contribution in [-0.4, -0.2) is 15.0 Å². The first-order valence-corrected chi connectivity index (χ1v) is 7.57. The fourth-order valence-corrected chi connectivity index (χ4v) is 2.48. The molecule has 0 N–H and O–H groups in total. The van der Waals surface area contributed by atoms with Gasteiger partial charge in [-0.3, -0.25) is 13.9 Å². The van der Waals surface area contributed by atoms with Crippen LogP contribution in [0.3, 0.4) is 0 Å². The van der Waals surface area contributed by atoms with Crippen molar-refractivity contribution in [3.05, 3.63) is 67.4 Å². The van der Waals surface area contributed by atoms with Crippen molar-refractivity contribution in [3.63, 3.8) is 0 Å². The average molecular weight is 327 g/mol. The van der Waals surface area contributed by atoms with Crippen LogP contribution in [0, 0.1) is 6.92 Å². The van der Waals surface area contributed by atoms with E-state index in [2.05, 4.69) is 0 Å². The Morgan fingerprint density at radius 3 is 2.38 bits per heavy atom. The first-order valence-electron chi connectivity index (χ1n) is 6.66. The third kappa shape index (κ3) is 3.39. The second kappa shape index (κ2) is 6.96. The smallest absolute Gasteiger partial charge is 0.283 e. The van der Waals surface area contributed by atoms with Crippen molar-refractivity contribution < 1.29 is 0 Å². The van der Waals surface area contributed by atoms with E-state index in [4.69, 9.17) is 23.2 Å². The van der Waals surface area contributed by atoms with Crippen molar-refractivity contribution >= 4 is 23.2 Å². The predicted molar refractivity (Wildman–Crippen MR) is 85.6 cm³/mol. The van der Waals surface area contributed by atoms with E-state index in [0.29, 0.717) is 24.4 Å². The van der Waals surface area contributed by atoms with Gasteiger partial charge in [0.05, 0.1) is 12.1 Å². The van der Waals surface area contributed by atoms with E-state index < -0.39 is 5.69 Å². The molecule has 2 rings (SSSR count). The summed E-state index contributed by atoms with van der Waals surface area (Å²) in [7, 11) is 0. The summed E-state index contributed by atoms with van der Waals surface area (Å²) in [5.41, 5.74) is 0.518. The SMILES string of the molecule is Cc1c(Cl)n(CCCCl)c(=O)n(Cc2ccccc2)c1=O. The zero-order chi connectivity index (χ0) is 15.4. The summed E-state index contributed by atoms with van der Waals surface area (Å²) in [5, 5.41) is 0.194. The van der Waals surface area contributed by atoms with Crippen molar-refractivity contribution in [2.75, 3.05) is 5.88 Å². The Morgan fingerprint density at radius 1 is 1.10 bits per heavy atom. The number of benzene rings is 1. The lowest BCUT2D eigenvalue weighted by Gasteiger charge is -2.14. The fourth-order valence-electron chi connectivity index (χ4n) is 2.13. The molecule has 0 saturated heterocycles. The van der Waals surface area contributed by atoms with Crippen molar-refractivity contribution in [1.82, 2.24) is 9.13 Å². The van der Waals surface area contributed by atoms with Gasteiger partial charge in [-0.15, -0.1) is 11.6 Å². The summed E-state index contributed by atoms with van der Waals surface area (Å²) < 4.78 is 2.62. The standard InChI is InChI=1S/C15H16Cl2N2O2/c1-11-13(17)18(9-5-8-16)15(21)19(14(11)20)10-12-6-3-2-4-7-12/h2-4,6-7H,5,8-10H2,1H3. The Labute approximate surface area is 132 Å². The van der Waals surface area contributed by atoms with Gasteiger partial charge in [0.15, 0.2) is 0 Å². The molecule has 4 nitrogen and oxygen atoms in total. The molecule has 0 bridgehead atoms. The molecule has 0 aliphatic heterocycles. The maximum Gasteiger partial charge on any atom is 0.332 e. The maximum atomic E-state index is 12.5. The highest BCUT2D eigenvalue weighted by atomic mass is 35.5. The van der Waals surface area contributed by atoms with E-state index in [-0.39, 0.29) is 17.3 Å². The third-order valence-electron chi connectivity index (χ3n) is 3.27. The molecule has 1 heterocycles. The van der Waals surface area contributed by atoms with Crippen LogP contribution >= 0.6 is 23.2 Å². The Morgan fingerprint density at radius 2 is 1.76 bits per heavy atom. The monoisotopic (exact) mass is 326 g/mol. The number of nitrogens with zero attached hydrogens (tertiary/aromatic N) is 2. The molecule has 112 valence electrons. The Hall–Kier alpha value is -1.52. The van der Waals surface area contributed by atoms with Gasteiger partial charge in [-0.1, -0.05) is 41.9 Å². The van der Waals surface area contributed by atoms with E-state index in [0.717, 1.165) is 5.56 Å². The van der Waals surface area contributed by atoms with Gasteiger partial charge in [0, 0.05) is 12.4 Å². The van der Waals surface area contributed by atoms with Gasteiger partial charge in [-0.25, -0.2) is 4.79 Å². The number of alkyl halides is 1. The summed E-state index contributed by atoms with van der Waals surface area (Å²) >= 11 is 11.8. The van der Waals surface area contributed by atoms with Crippen LogP contribution in [0.1, 0.15) is 17.5 Å². The minimum Gasteiger partial charge on any atom is -0.283 e. The number of halogens is 2. The molecule has 0 unspecified atom stereocenters.